The minimum atomic E-state index is 0.780. The Morgan fingerprint density at radius 1 is 1.19 bits per heavy atom. The van der Waals surface area contributed by atoms with Crippen LogP contribution in [0.5, 0.6) is 0 Å². The molecule has 1 atom stereocenters. The van der Waals surface area contributed by atoms with Crippen LogP contribution in [0.3, 0.4) is 0 Å². The van der Waals surface area contributed by atoms with Crippen molar-refractivity contribution in [2.45, 2.75) is 53.1 Å². The van der Waals surface area contributed by atoms with Crippen molar-refractivity contribution < 1.29 is 0 Å². The Hall–Kier alpha value is -1.65. The Morgan fingerprint density at radius 2 is 2.00 bits per heavy atom. The molecule has 1 fully saturated rings. The molecule has 2 heterocycles. The monoisotopic (exact) mass is 368 g/mol. The van der Waals surface area contributed by atoms with E-state index in [9.17, 15) is 0 Å². The summed E-state index contributed by atoms with van der Waals surface area (Å²) >= 11 is 0. The second kappa shape index (κ2) is 9.52. The highest BCUT2D eigenvalue weighted by Crippen LogP contribution is 2.19. The highest BCUT2D eigenvalue weighted by molar-refractivity contribution is 5.25. The molecule has 4 nitrogen and oxygen atoms in total. The summed E-state index contributed by atoms with van der Waals surface area (Å²) in [6.07, 6.45) is 6.07. The second-order valence-corrected chi connectivity index (χ2v) is 8.28. The maximum atomic E-state index is 4.58. The Balaban J connectivity index is 1.47. The van der Waals surface area contributed by atoms with Crippen molar-refractivity contribution in [1.29, 1.82) is 0 Å². The molecule has 148 valence electrons. The van der Waals surface area contributed by atoms with Crippen molar-refractivity contribution in [3.8, 4) is 0 Å². The van der Waals surface area contributed by atoms with Crippen LogP contribution in [0, 0.1) is 19.8 Å². The first-order valence-corrected chi connectivity index (χ1v) is 10.5. The summed E-state index contributed by atoms with van der Waals surface area (Å²) in [6.45, 7) is 13.3. The molecule has 1 aromatic heterocycles. The van der Waals surface area contributed by atoms with Crippen LogP contribution >= 0.6 is 0 Å². The van der Waals surface area contributed by atoms with Crippen LogP contribution < -0.4 is 0 Å². The first kappa shape index (κ1) is 20.1. The third-order valence-electron chi connectivity index (χ3n) is 5.94. The molecule has 3 rings (SSSR count). The van der Waals surface area contributed by atoms with Crippen molar-refractivity contribution in [3.05, 3.63) is 52.8 Å². The summed E-state index contributed by atoms with van der Waals surface area (Å²) in [5.74, 6) is 0.780. The van der Waals surface area contributed by atoms with Crippen molar-refractivity contribution in [2.24, 2.45) is 5.92 Å². The van der Waals surface area contributed by atoms with Crippen molar-refractivity contribution >= 4 is 0 Å². The zero-order valence-corrected chi connectivity index (χ0v) is 17.6. The first-order chi connectivity index (χ1) is 13.0. The molecule has 0 bridgehead atoms. The molecule has 27 heavy (non-hydrogen) atoms. The molecule has 1 aliphatic heterocycles. The lowest BCUT2D eigenvalue weighted by atomic mass is 9.96. The molecule has 0 amide bonds. The zero-order valence-electron chi connectivity index (χ0n) is 17.6. The van der Waals surface area contributed by atoms with Gasteiger partial charge in [-0.1, -0.05) is 24.3 Å². The average molecular weight is 369 g/mol. The van der Waals surface area contributed by atoms with Gasteiger partial charge < -0.3 is 9.80 Å². The van der Waals surface area contributed by atoms with E-state index in [4.69, 9.17) is 0 Å². The Kier molecular flexibility index (Phi) is 7.08. The van der Waals surface area contributed by atoms with Gasteiger partial charge >= 0.3 is 0 Å². The fraction of sp³-hybridized carbons (Fsp3) is 0.609. The van der Waals surface area contributed by atoms with Crippen LogP contribution in [-0.2, 0) is 19.5 Å². The molecule has 0 N–H and O–H groups in total. The number of hydrogen-bond donors (Lipinski definition) is 0. The van der Waals surface area contributed by atoms with Crippen LogP contribution in [0.25, 0.3) is 0 Å². The molecule has 0 spiro atoms. The molecule has 1 unspecified atom stereocenters. The summed E-state index contributed by atoms with van der Waals surface area (Å²) in [6, 6.07) is 8.81. The maximum Gasteiger partial charge on any atom is 0.0638 e. The van der Waals surface area contributed by atoms with Crippen LogP contribution in [-0.4, -0.2) is 52.8 Å². The number of piperidine rings is 1. The molecule has 0 saturated carbocycles. The smallest absolute Gasteiger partial charge is 0.0638 e. The van der Waals surface area contributed by atoms with Gasteiger partial charge in [-0.15, -0.1) is 0 Å². The molecule has 1 aromatic carbocycles. The second-order valence-electron chi connectivity index (χ2n) is 8.28. The Bertz CT molecular complexity index is 721. The van der Waals surface area contributed by atoms with Gasteiger partial charge in [-0.05, 0) is 70.7 Å². The summed E-state index contributed by atoms with van der Waals surface area (Å²) in [4.78, 5) is 5.16. The number of benzene rings is 1. The van der Waals surface area contributed by atoms with Crippen LogP contribution in [0.2, 0.25) is 0 Å². The Morgan fingerprint density at radius 3 is 2.74 bits per heavy atom. The highest BCUT2D eigenvalue weighted by Gasteiger charge is 2.21. The number of rotatable bonds is 8. The van der Waals surface area contributed by atoms with Crippen LogP contribution in [0.4, 0.5) is 0 Å². The molecular weight excluding hydrogens is 332 g/mol. The first-order valence-electron chi connectivity index (χ1n) is 10.5. The topological polar surface area (TPSA) is 24.3 Å². The van der Waals surface area contributed by atoms with Gasteiger partial charge in [0.2, 0.25) is 0 Å². The van der Waals surface area contributed by atoms with E-state index in [1.165, 1.54) is 67.8 Å². The molecule has 0 aliphatic carbocycles. The lowest BCUT2D eigenvalue weighted by Crippen LogP contribution is -2.40. The van der Waals surface area contributed by atoms with E-state index in [1.807, 2.05) is 4.68 Å². The third kappa shape index (κ3) is 5.66. The average Bonchev–Trinajstić information content (AvgIpc) is 3.01. The van der Waals surface area contributed by atoms with E-state index in [0.29, 0.717) is 0 Å². The zero-order chi connectivity index (χ0) is 19.2. The van der Waals surface area contributed by atoms with E-state index in [2.05, 4.69) is 73.2 Å². The van der Waals surface area contributed by atoms with Crippen LogP contribution in [0.1, 0.15) is 42.1 Å². The van der Waals surface area contributed by atoms with E-state index >= 15 is 0 Å². The third-order valence-corrected chi connectivity index (χ3v) is 5.94. The predicted molar refractivity (Wildman–Crippen MR) is 113 cm³/mol. The lowest BCUT2D eigenvalue weighted by Gasteiger charge is -2.34. The normalized spacial score (nSPS) is 18.3. The summed E-state index contributed by atoms with van der Waals surface area (Å²) < 4.78 is 2.05. The number of hydrogen-bond acceptors (Lipinski definition) is 3. The minimum Gasteiger partial charge on any atom is -0.303 e. The number of aromatic nitrogens is 2. The number of aryl methyl sites for hydroxylation is 3. The van der Waals surface area contributed by atoms with Gasteiger partial charge in [-0.2, -0.15) is 5.10 Å². The highest BCUT2D eigenvalue weighted by atomic mass is 15.3. The van der Waals surface area contributed by atoms with Gasteiger partial charge in [0.25, 0.3) is 0 Å². The minimum absolute atomic E-state index is 0.780. The van der Waals surface area contributed by atoms with E-state index < -0.39 is 0 Å². The van der Waals surface area contributed by atoms with Gasteiger partial charge in [0.05, 0.1) is 5.69 Å². The molecular formula is C23H36N4. The fourth-order valence-corrected chi connectivity index (χ4v) is 4.34. The SMILES string of the molecule is CCn1cc(CN(C)CC2CCCN(CCc3ccccc3C)C2)c(C)n1. The van der Waals surface area contributed by atoms with Crippen molar-refractivity contribution in [3.63, 3.8) is 0 Å². The molecule has 4 heteroatoms. The summed E-state index contributed by atoms with van der Waals surface area (Å²) in [5, 5.41) is 4.58. The van der Waals surface area contributed by atoms with Crippen molar-refractivity contribution in [1.82, 2.24) is 19.6 Å². The molecule has 0 radical (unpaired) electrons. The summed E-state index contributed by atoms with van der Waals surface area (Å²) in [7, 11) is 2.26. The largest absolute Gasteiger partial charge is 0.303 e. The van der Waals surface area contributed by atoms with E-state index in [1.54, 1.807) is 0 Å². The van der Waals surface area contributed by atoms with Gasteiger partial charge in [0.1, 0.15) is 0 Å². The standard InChI is InChI=1S/C23H36N4/c1-5-27-18-23(20(3)24-27)17-25(4)15-21-10-8-13-26(16-21)14-12-22-11-7-6-9-19(22)2/h6-7,9,11,18,21H,5,8,10,12-17H2,1-4H3. The number of likely N-dealkylation sites (tertiary alicyclic amines) is 1. The van der Waals surface area contributed by atoms with Crippen LogP contribution in [0.15, 0.2) is 30.5 Å². The van der Waals surface area contributed by atoms with Gasteiger partial charge in [0, 0.05) is 44.5 Å². The Labute approximate surface area is 165 Å². The quantitative estimate of drug-likeness (QED) is 0.706. The lowest BCUT2D eigenvalue weighted by molar-refractivity contribution is 0.142. The van der Waals surface area contributed by atoms with Crippen molar-refractivity contribution in [2.75, 3.05) is 33.2 Å². The molecule has 1 aliphatic rings. The van der Waals surface area contributed by atoms with E-state index in [0.717, 1.165) is 19.0 Å². The van der Waals surface area contributed by atoms with Gasteiger partial charge in [-0.3, -0.25) is 4.68 Å². The number of nitrogens with zero attached hydrogens (tertiary/aromatic N) is 4. The maximum absolute atomic E-state index is 4.58. The summed E-state index contributed by atoms with van der Waals surface area (Å²) in [5.41, 5.74) is 5.47. The molecule has 1 saturated heterocycles. The van der Waals surface area contributed by atoms with Gasteiger partial charge in [0.15, 0.2) is 0 Å². The van der Waals surface area contributed by atoms with Gasteiger partial charge in [-0.25, -0.2) is 0 Å². The predicted octanol–water partition coefficient (Wildman–Crippen LogP) is 3.91. The van der Waals surface area contributed by atoms with E-state index in [-0.39, 0.29) is 0 Å². The fourth-order valence-electron chi connectivity index (χ4n) is 4.34. The molecule has 2 aromatic rings.